The molecule has 0 radical (unpaired) electrons. The Labute approximate surface area is 166 Å². The lowest BCUT2D eigenvalue weighted by molar-refractivity contribution is -0.140. The predicted octanol–water partition coefficient (Wildman–Crippen LogP) is 4.40. The average Bonchev–Trinajstić information content (AvgIpc) is 3.18. The average molecular weight is 425 g/mol. The van der Waals surface area contributed by atoms with Crippen LogP contribution in [0.15, 0.2) is 52.6 Å². The van der Waals surface area contributed by atoms with Crippen LogP contribution in [0.1, 0.15) is 12.5 Å². The van der Waals surface area contributed by atoms with E-state index < -0.39 is 34.9 Å². The molecule has 1 unspecified atom stereocenters. The van der Waals surface area contributed by atoms with Crippen molar-refractivity contribution >= 4 is 22.9 Å². The first-order valence-electron chi connectivity index (χ1n) is 8.45. The molecule has 2 aromatic heterocycles. The lowest BCUT2D eigenvalue weighted by atomic mass is 10.1. The Bertz CT molecular complexity index is 1080. The van der Waals surface area contributed by atoms with E-state index >= 15 is 0 Å². The number of amides is 1. The van der Waals surface area contributed by atoms with Crippen LogP contribution >= 0.6 is 11.3 Å². The van der Waals surface area contributed by atoms with E-state index in [4.69, 9.17) is 0 Å². The number of carbonyl (C=O) groups is 1. The van der Waals surface area contributed by atoms with Crippen molar-refractivity contribution in [3.63, 3.8) is 0 Å². The van der Waals surface area contributed by atoms with Crippen LogP contribution in [0.3, 0.4) is 0 Å². The summed E-state index contributed by atoms with van der Waals surface area (Å²) >= 11 is 1.44. The van der Waals surface area contributed by atoms with Gasteiger partial charge in [0, 0.05) is 11.8 Å². The topological polar surface area (TPSA) is 64.0 Å². The number of nitrogens with zero attached hydrogens (tertiary/aromatic N) is 2. The number of alkyl halides is 3. The lowest BCUT2D eigenvalue weighted by Gasteiger charge is -2.15. The molecular formula is C19H15F4N3O2S. The monoisotopic (exact) mass is 425 g/mol. The summed E-state index contributed by atoms with van der Waals surface area (Å²) in [6.45, 7) is 1.44. The van der Waals surface area contributed by atoms with Crippen molar-refractivity contribution in [3.8, 4) is 10.6 Å². The number of anilines is 1. The Morgan fingerprint density at radius 3 is 2.66 bits per heavy atom. The van der Waals surface area contributed by atoms with Crippen LogP contribution in [0.4, 0.5) is 23.2 Å². The van der Waals surface area contributed by atoms with Crippen molar-refractivity contribution in [1.29, 1.82) is 0 Å². The molecular weight excluding hydrogens is 410 g/mol. The number of carbonyl (C=O) groups excluding carboxylic acids is 1. The maximum absolute atomic E-state index is 13.4. The van der Waals surface area contributed by atoms with E-state index in [-0.39, 0.29) is 12.2 Å². The van der Waals surface area contributed by atoms with Crippen molar-refractivity contribution in [2.24, 2.45) is 5.92 Å². The van der Waals surface area contributed by atoms with Gasteiger partial charge in [-0.15, -0.1) is 11.3 Å². The zero-order chi connectivity index (χ0) is 21.2. The Balaban J connectivity index is 1.75. The van der Waals surface area contributed by atoms with E-state index in [0.29, 0.717) is 17.8 Å². The van der Waals surface area contributed by atoms with Crippen LogP contribution in [0.2, 0.25) is 0 Å². The first-order chi connectivity index (χ1) is 13.6. The number of rotatable bonds is 5. The van der Waals surface area contributed by atoms with Crippen molar-refractivity contribution in [2.45, 2.75) is 19.6 Å². The number of aromatic nitrogens is 2. The highest BCUT2D eigenvalue weighted by molar-refractivity contribution is 7.13. The molecule has 0 saturated carbocycles. The third kappa shape index (κ3) is 4.89. The minimum Gasteiger partial charge on any atom is -0.326 e. The minimum atomic E-state index is -4.88. The first-order valence-corrected chi connectivity index (χ1v) is 9.33. The molecule has 5 nitrogen and oxygen atoms in total. The summed E-state index contributed by atoms with van der Waals surface area (Å²) in [5, 5.41) is 8.42. The van der Waals surface area contributed by atoms with Gasteiger partial charge in [-0.3, -0.25) is 9.59 Å². The Kier molecular flexibility index (Phi) is 5.83. The third-order valence-electron chi connectivity index (χ3n) is 4.07. The van der Waals surface area contributed by atoms with E-state index in [0.717, 1.165) is 15.6 Å². The lowest BCUT2D eigenvalue weighted by Crippen LogP contribution is -2.31. The normalized spacial score (nSPS) is 12.6. The van der Waals surface area contributed by atoms with Gasteiger partial charge in [-0.2, -0.15) is 18.3 Å². The second kappa shape index (κ2) is 8.16. The molecule has 2 heterocycles. The predicted molar refractivity (Wildman–Crippen MR) is 101 cm³/mol. The zero-order valence-corrected chi connectivity index (χ0v) is 15.9. The largest absolute Gasteiger partial charge is 0.419 e. The molecule has 1 atom stereocenters. The van der Waals surface area contributed by atoms with Crippen LogP contribution in [-0.2, 0) is 17.5 Å². The van der Waals surface area contributed by atoms with Crippen molar-refractivity contribution < 1.29 is 22.4 Å². The van der Waals surface area contributed by atoms with E-state index in [2.05, 4.69) is 10.4 Å². The number of nitrogens with one attached hydrogen (secondary N) is 1. The first kappa shape index (κ1) is 20.7. The molecule has 0 aliphatic carbocycles. The summed E-state index contributed by atoms with van der Waals surface area (Å²) in [7, 11) is 0. The summed E-state index contributed by atoms with van der Waals surface area (Å²) in [5.74, 6) is -2.83. The minimum absolute atomic E-state index is 0.0722. The van der Waals surface area contributed by atoms with Crippen molar-refractivity contribution in [1.82, 2.24) is 9.78 Å². The molecule has 1 aromatic carbocycles. The van der Waals surface area contributed by atoms with Gasteiger partial charge in [0.25, 0.3) is 5.56 Å². The van der Waals surface area contributed by atoms with Crippen molar-refractivity contribution in [3.05, 3.63) is 69.6 Å². The molecule has 1 amide bonds. The summed E-state index contributed by atoms with van der Waals surface area (Å²) in [5.41, 5.74) is -1.50. The van der Waals surface area contributed by atoms with E-state index in [9.17, 15) is 27.2 Å². The van der Waals surface area contributed by atoms with Gasteiger partial charge >= 0.3 is 6.18 Å². The maximum atomic E-state index is 13.4. The van der Waals surface area contributed by atoms with Crippen LogP contribution in [0, 0.1) is 11.7 Å². The molecule has 3 rings (SSSR count). The Morgan fingerprint density at radius 1 is 1.24 bits per heavy atom. The van der Waals surface area contributed by atoms with Crippen LogP contribution in [0.5, 0.6) is 0 Å². The summed E-state index contributed by atoms with van der Waals surface area (Å²) < 4.78 is 52.9. The molecule has 152 valence electrons. The Morgan fingerprint density at radius 2 is 2.00 bits per heavy atom. The Hall–Kier alpha value is -3.01. The number of thiophene rings is 1. The second-order valence-corrected chi connectivity index (χ2v) is 7.25. The summed E-state index contributed by atoms with van der Waals surface area (Å²) in [6, 6.07) is 8.79. The van der Waals surface area contributed by atoms with E-state index in [1.54, 1.807) is 6.07 Å². The fourth-order valence-electron chi connectivity index (χ4n) is 2.56. The van der Waals surface area contributed by atoms with Crippen LogP contribution < -0.4 is 10.9 Å². The number of hydrogen-bond donors (Lipinski definition) is 1. The maximum Gasteiger partial charge on any atom is 0.419 e. The summed E-state index contributed by atoms with van der Waals surface area (Å²) in [6.07, 6.45) is -4.88. The molecule has 0 spiro atoms. The van der Waals surface area contributed by atoms with Gasteiger partial charge in [0.05, 0.1) is 22.9 Å². The zero-order valence-electron chi connectivity index (χ0n) is 15.0. The molecule has 0 aliphatic rings. The molecule has 0 fully saturated rings. The second-order valence-electron chi connectivity index (χ2n) is 6.30. The number of halogens is 4. The quantitative estimate of drug-likeness (QED) is 0.616. The van der Waals surface area contributed by atoms with Gasteiger partial charge in [-0.25, -0.2) is 9.07 Å². The highest BCUT2D eigenvalue weighted by atomic mass is 32.1. The summed E-state index contributed by atoms with van der Waals surface area (Å²) in [4.78, 5) is 25.3. The van der Waals surface area contributed by atoms with E-state index in [1.807, 2.05) is 17.5 Å². The third-order valence-corrected chi connectivity index (χ3v) is 4.97. The molecule has 3 aromatic rings. The molecule has 0 saturated heterocycles. The van der Waals surface area contributed by atoms with Gasteiger partial charge in [-0.05, 0) is 35.7 Å². The van der Waals surface area contributed by atoms with E-state index in [1.165, 1.54) is 24.3 Å². The fraction of sp³-hybridized carbons (Fsp3) is 0.211. The number of hydrogen-bond acceptors (Lipinski definition) is 4. The van der Waals surface area contributed by atoms with Gasteiger partial charge in [0.1, 0.15) is 11.5 Å². The van der Waals surface area contributed by atoms with Gasteiger partial charge < -0.3 is 5.32 Å². The van der Waals surface area contributed by atoms with Gasteiger partial charge in [0.15, 0.2) is 0 Å². The SMILES string of the molecule is CC(Cn1nc(-c2cccs2)ccc1=O)C(=O)Nc1ccc(F)c(C(F)(F)F)c1. The molecule has 10 heteroatoms. The molecule has 29 heavy (non-hydrogen) atoms. The standard InChI is InChI=1S/C19H15F4N3O2S/c1-11(10-26-17(27)7-6-15(25-26)16-3-2-8-29-16)18(28)24-12-4-5-14(20)13(9-12)19(21,22)23/h2-9,11H,10H2,1H3,(H,24,28). The smallest absolute Gasteiger partial charge is 0.326 e. The molecule has 0 bridgehead atoms. The van der Waals surface area contributed by atoms with Gasteiger partial charge in [0.2, 0.25) is 5.91 Å². The van der Waals surface area contributed by atoms with Gasteiger partial charge in [-0.1, -0.05) is 13.0 Å². The highest BCUT2D eigenvalue weighted by Crippen LogP contribution is 2.33. The number of benzene rings is 1. The molecule has 1 N–H and O–H groups in total. The molecule has 0 aliphatic heterocycles. The fourth-order valence-corrected chi connectivity index (χ4v) is 3.25. The van der Waals surface area contributed by atoms with Crippen LogP contribution in [-0.4, -0.2) is 15.7 Å². The van der Waals surface area contributed by atoms with Crippen molar-refractivity contribution in [2.75, 3.05) is 5.32 Å². The van der Waals surface area contributed by atoms with Crippen LogP contribution in [0.25, 0.3) is 10.6 Å². The highest BCUT2D eigenvalue weighted by Gasteiger charge is 2.34.